The summed E-state index contributed by atoms with van der Waals surface area (Å²) in [4.78, 5) is 28.8. The topological polar surface area (TPSA) is 64.0 Å². The van der Waals surface area contributed by atoms with E-state index < -0.39 is 0 Å². The molecule has 0 radical (unpaired) electrons. The fourth-order valence-corrected chi connectivity index (χ4v) is 3.12. The number of amides is 1. The number of rotatable bonds is 8. The molecule has 0 saturated heterocycles. The zero-order chi connectivity index (χ0) is 16.7. The van der Waals surface area contributed by atoms with Crippen LogP contribution >= 0.6 is 11.8 Å². The Bertz CT molecular complexity index is 555. The van der Waals surface area contributed by atoms with Gasteiger partial charge >= 0.3 is 0 Å². The van der Waals surface area contributed by atoms with Crippen molar-refractivity contribution in [3.63, 3.8) is 0 Å². The Morgan fingerprint density at radius 1 is 1.41 bits per heavy atom. The van der Waals surface area contributed by atoms with Gasteiger partial charge in [-0.15, -0.1) is 0 Å². The molecule has 0 saturated carbocycles. The van der Waals surface area contributed by atoms with E-state index in [0.717, 1.165) is 18.5 Å². The van der Waals surface area contributed by atoms with Crippen LogP contribution in [-0.4, -0.2) is 27.3 Å². The standard InChI is InChI=1S/C16H27N3O2S/c1-6-8-13(15(21)17-10-11(3)4)22-16-18-12(7-2)9-14(20)19(16)5/h9,11,13H,6-8,10H2,1-5H3,(H,17,21). The Labute approximate surface area is 136 Å². The molecule has 1 rings (SSSR count). The van der Waals surface area contributed by atoms with E-state index in [0.29, 0.717) is 24.0 Å². The number of carbonyl (C=O) groups is 1. The molecule has 1 unspecified atom stereocenters. The van der Waals surface area contributed by atoms with Crippen LogP contribution in [0.1, 0.15) is 46.2 Å². The summed E-state index contributed by atoms with van der Waals surface area (Å²) in [6.07, 6.45) is 2.39. The number of hydrogen-bond acceptors (Lipinski definition) is 4. The third-order valence-electron chi connectivity index (χ3n) is 3.28. The SMILES string of the molecule is CCCC(Sc1nc(CC)cc(=O)n1C)C(=O)NCC(C)C. The quantitative estimate of drug-likeness (QED) is 0.589. The molecule has 6 heteroatoms. The Balaban J connectivity index is 2.93. The lowest BCUT2D eigenvalue weighted by Gasteiger charge is -2.17. The predicted molar refractivity (Wildman–Crippen MR) is 91.3 cm³/mol. The average Bonchev–Trinajstić information content (AvgIpc) is 2.48. The molecule has 1 aromatic heterocycles. The second-order valence-electron chi connectivity index (χ2n) is 5.82. The third-order valence-corrected chi connectivity index (χ3v) is 4.59. The van der Waals surface area contributed by atoms with Crippen LogP contribution < -0.4 is 10.9 Å². The van der Waals surface area contributed by atoms with Crippen LogP contribution in [0.2, 0.25) is 0 Å². The summed E-state index contributed by atoms with van der Waals surface area (Å²) in [7, 11) is 1.70. The molecule has 0 aliphatic rings. The van der Waals surface area contributed by atoms with Gasteiger partial charge in [-0.25, -0.2) is 4.98 Å². The number of hydrogen-bond donors (Lipinski definition) is 1. The first-order valence-corrected chi connectivity index (χ1v) is 8.78. The lowest BCUT2D eigenvalue weighted by Crippen LogP contribution is -2.35. The van der Waals surface area contributed by atoms with Crippen molar-refractivity contribution >= 4 is 17.7 Å². The predicted octanol–water partition coefficient (Wildman–Crippen LogP) is 2.38. The fraction of sp³-hybridized carbons (Fsp3) is 0.688. The van der Waals surface area contributed by atoms with E-state index in [2.05, 4.69) is 31.1 Å². The molecule has 1 amide bonds. The van der Waals surface area contributed by atoms with Crippen molar-refractivity contribution < 1.29 is 4.79 Å². The summed E-state index contributed by atoms with van der Waals surface area (Å²) < 4.78 is 1.52. The molecular formula is C16H27N3O2S. The van der Waals surface area contributed by atoms with Crippen molar-refractivity contribution in [2.45, 2.75) is 57.4 Å². The summed E-state index contributed by atoms with van der Waals surface area (Å²) in [6.45, 7) is 8.82. The third kappa shape index (κ3) is 5.48. The molecule has 0 aliphatic carbocycles. The van der Waals surface area contributed by atoms with Crippen molar-refractivity contribution in [3.8, 4) is 0 Å². The Kier molecular flexibility index (Phi) is 7.65. The van der Waals surface area contributed by atoms with Gasteiger partial charge in [-0.2, -0.15) is 0 Å². The van der Waals surface area contributed by atoms with Crippen molar-refractivity contribution in [1.82, 2.24) is 14.9 Å². The van der Waals surface area contributed by atoms with Crippen LogP contribution in [-0.2, 0) is 18.3 Å². The highest BCUT2D eigenvalue weighted by molar-refractivity contribution is 8.00. The number of aromatic nitrogens is 2. The van der Waals surface area contributed by atoms with E-state index in [1.807, 2.05) is 6.92 Å². The van der Waals surface area contributed by atoms with Gasteiger partial charge in [0.1, 0.15) is 0 Å². The van der Waals surface area contributed by atoms with Gasteiger partial charge in [-0.1, -0.05) is 45.9 Å². The lowest BCUT2D eigenvalue weighted by atomic mass is 10.2. The molecular weight excluding hydrogens is 298 g/mol. The van der Waals surface area contributed by atoms with Crippen LogP contribution in [0.25, 0.3) is 0 Å². The van der Waals surface area contributed by atoms with Gasteiger partial charge < -0.3 is 5.32 Å². The Morgan fingerprint density at radius 3 is 2.64 bits per heavy atom. The Morgan fingerprint density at radius 2 is 2.09 bits per heavy atom. The smallest absolute Gasteiger partial charge is 0.254 e. The van der Waals surface area contributed by atoms with Gasteiger partial charge in [0.2, 0.25) is 5.91 Å². The van der Waals surface area contributed by atoms with Gasteiger partial charge in [0.05, 0.1) is 5.25 Å². The fourth-order valence-electron chi connectivity index (χ4n) is 1.90. The van der Waals surface area contributed by atoms with E-state index in [4.69, 9.17) is 0 Å². The van der Waals surface area contributed by atoms with Crippen LogP contribution in [0, 0.1) is 5.92 Å². The highest BCUT2D eigenvalue weighted by Crippen LogP contribution is 2.24. The summed E-state index contributed by atoms with van der Waals surface area (Å²) in [6, 6.07) is 1.55. The molecule has 1 N–H and O–H groups in total. The monoisotopic (exact) mass is 325 g/mol. The van der Waals surface area contributed by atoms with Gasteiger partial charge in [-0.3, -0.25) is 14.2 Å². The zero-order valence-electron chi connectivity index (χ0n) is 14.2. The molecule has 0 spiro atoms. The van der Waals surface area contributed by atoms with Gasteiger partial charge in [0.25, 0.3) is 5.56 Å². The molecule has 22 heavy (non-hydrogen) atoms. The van der Waals surface area contributed by atoms with Gasteiger partial charge in [0, 0.05) is 25.4 Å². The van der Waals surface area contributed by atoms with Crippen LogP contribution in [0.4, 0.5) is 0 Å². The number of nitrogens with one attached hydrogen (secondary N) is 1. The first kappa shape index (κ1) is 18.7. The minimum Gasteiger partial charge on any atom is -0.355 e. The van der Waals surface area contributed by atoms with Crippen LogP contribution in [0.15, 0.2) is 16.0 Å². The molecule has 1 aromatic rings. The molecule has 124 valence electrons. The molecule has 0 bridgehead atoms. The highest BCUT2D eigenvalue weighted by atomic mass is 32.2. The van der Waals surface area contributed by atoms with Crippen LogP contribution in [0.3, 0.4) is 0 Å². The molecule has 0 fully saturated rings. The second kappa shape index (κ2) is 8.98. The van der Waals surface area contributed by atoms with Gasteiger partial charge in [0.15, 0.2) is 5.16 Å². The van der Waals surface area contributed by atoms with Crippen molar-refractivity contribution in [1.29, 1.82) is 0 Å². The maximum absolute atomic E-state index is 12.3. The number of nitrogens with zero attached hydrogens (tertiary/aromatic N) is 2. The van der Waals surface area contributed by atoms with Crippen molar-refractivity contribution in [2.75, 3.05) is 6.54 Å². The average molecular weight is 325 g/mol. The molecule has 1 atom stereocenters. The summed E-state index contributed by atoms with van der Waals surface area (Å²) in [5, 5.41) is 3.37. The lowest BCUT2D eigenvalue weighted by molar-refractivity contribution is -0.120. The van der Waals surface area contributed by atoms with Crippen molar-refractivity contribution in [3.05, 3.63) is 22.1 Å². The summed E-state index contributed by atoms with van der Waals surface area (Å²) in [5.74, 6) is 0.443. The van der Waals surface area contributed by atoms with E-state index in [1.54, 1.807) is 13.1 Å². The molecule has 0 aromatic carbocycles. The normalized spacial score (nSPS) is 12.5. The second-order valence-corrected chi connectivity index (χ2v) is 6.98. The van der Waals surface area contributed by atoms with Gasteiger partial charge in [-0.05, 0) is 18.8 Å². The molecule has 0 aliphatic heterocycles. The largest absolute Gasteiger partial charge is 0.355 e. The molecule has 5 nitrogen and oxygen atoms in total. The van der Waals surface area contributed by atoms with Crippen molar-refractivity contribution in [2.24, 2.45) is 13.0 Å². The number of thioether (sulfide) groups is 1. The maximum Gasteiger partial charge on any atom is 0.254 e. The van der Waals surface area contributed by atoms with Crippen LogP contribution in [0.5, 0.6) is 0 Å². The zero-order valence-corrected chi connectivity index (χ0v) is 15.0. The van der Waals surface area contributed by atoms with E-state index in [1.165, 1.54) is 16.3 Å². The van der Waals surface area contributed by atoms with E-state index in [9.17, 15) is 9.59 Å². The summed E-state index contributed by atoms with van der Waals surface area (Å²) >= 11 is 1.38. The number of aryl methyl sites for hydroxylation is 1. The minimum atomic E-state index is -0.214. The minimum absolute atomic E-state index is 0.0247. The number of carbonyl (C=O) groups excluding carboxylic acids is 1. The van der Waals surface area contributed by atoms with E-state index in [-0.39, 0.29) is 16.7 Å². The summed E-state index contributed by atoms with van der Waals surface area (Å²) in [5.41, 5.74) is 0.690. The Hall–Kier alpha value is -1.30. The first-order valence-electron chi connectivity index (χ1n) is 7.90. The van der Waals surface area contributed by atoms with E-state index >= 15 is 0 Å². The first-order chi connectivity index (χ1) is 10.4. The highest BCUT2D eigenvalue weighted by Gasteiger charge is 2.21. The maximum atomic E-state index is 12.3. The molecule has 1 heterocycles.